The summed E-state index contributed by atoms with van der Waals surface area (Å²) in [6, 6.07) is -1.56. The first kappa shape index (κ1) is 14.6. The van der Waals surface area contributed by atoms with Gasteiger partial charge in [-0.05, 0) is 6.92 Å². The molecule has 1 aliphatic heterocycles. The van der Waals surface area contributed by atoms with Crippen molar-refractivity contribution in [3.05, 3.63) is 11.6 Å². The third kappa shape index (κ3) is 3.77. The Labute approximate surface area is 103 Å². The summed E-state index contributed by atoms with van der Waals surface area (Å²) < 4.78 is 33.2. The average molecular weight is 279 g/mol. The maximum absolute atomic E-state index is 11.1. The lowest BCUT2D eigenvalue weighted by Gasteiger charge is -2.33. The Hall–Kier alpha value is -1.49. The molecule has 2 amide bonds. The van der Waals surface area contributed by atoms with Crippen LogP contribution in [0.4, 0.5) is 0 Å². The molecule has 0 unspecified atom stereocenters. The molecule has 0 saturated heterocycles. The fourth-order valence-corrected chi connectivity index (χ4v) is 1.77. The molecular weight excluding hydrogens is 266 g/mol. The van der Waals surface area contributed by atoms with Crippen molar-refractivity contribution >= 4 is 22.7 Å². The second-order valence-electron chi connectivity index (χ2n) is 3.74. The van der Waals surface area contributed by atoms with E-state index in [2.05, 4.69) is 9.76 Å². The number of hydroxylamine groups is 1. The van der Waals surface area contributed by atoms with Gasteiger partial charge < -0.3 is 10.6 Å². The molecule has 0 aromatic carbocycles. The average Bonchev–Trinajstić information content (AvgIpc) is 2.25. The fourth-order valence-electron chi connectivity index (χ4n) is 1.53. The number of nitrogens with zero attached hydrogens (tertiary/aromatic N) is 1. The predicted octanol–water partition coefficient (Wildman–Crippen LogP) is -2.05. The van der Waals surface area contributed by atoms with Crippen LogP contribution in [0.15, 0.2) is 11.6 Å². The van der Waals surface area contributed by atoms with E-state index in [1.54, 1.807) is 6.92 Å². The van der Waals surface area contributed by atoms with E-state index in [1.807, 2.05) is 0 Å². The smallest absolute Gasteiger partial charge is 0.368 e. The van der Waals surface area contributed by atoms with Gasteiger partial charge in [0, 0.05) is 6.54 Å². The summed E-state index contributed by atoms with van der Waals surface area (Å²) >= 11 is 0. The number of nitrogens with one attached hydrogen (secondary N) is 1. The van der Waals surface area contributed by atoms with E-state index in [0.717, 1.165) is 4.90 Å². The standard InChI is InChI=1S/C8H13N3O6S/c1-5-2-7(8(9)13)11(4-12)3-6(5)10-17-18(14,15)16/h2,4,6-7,10H,3H2,1H3,(H2,9,13)(H,14,15,16)/t6-,7-/m0/s1. The van der Waals surface area contributed by atoms with Gasteiger partial charge in [-0.25, -0.2) is 0 Å². The molecule has 0 aromatic rings. The fraction of sp³-hybridized carbons (Fsp3) is 0.500. The molecule has 10 heteroatoms. The van der Waals surface area contributed by atoms with Gasteiger partial charge in [0.15, 0.2) is 0 Å². The summed E-state index contributed by atoms with van der Waals surface area (Å²) in [5.41, 5.74) is 7.74. The highest BCUT2D eigenvalue weighted by atomic mass is 32.3. The number of hydrogen-bond donors (Lipinski definition) is 3. The van der Waals surface area contributed by atoms with E-state index in [4.69, 9.17) is 10.3 Å². The molecule has 102 valence electrons. The molecule has 9 nitrogen and oxygen atoms in total. The van der Waals surface area contributed by atoms with Crippen LogP contribution in [0, 0.1) is 0 Å². The molecule has 1 heterocycles. The molecular formula is C8H13N3O6S. The molecule has 0 saturated carbocycles. The molecule has 0 radical (unpaired) electrons. The van der Waals surface area contributed by atoms with Gasteiger partial charge in [0.1, 0.15) is 6.04 Å². The first-order valence-corrected chi connectivity index (χ1v) is 6.21. The van der Waals surface area contributed by atoms with Crippen molar-refractivity contribution in [2.75, 3.05) is 6.54 Å². The van der Waals surface area contributed by atoms with Crippen LogP contribution >= 0.6 is 0 Å². The van der Waals surface area contributed by atoms with Crippen molar-refractivity contribution in [1.82, 2.24) is 10.4 Å². The third-order valence-corrected chi connectivity index (χ3v) is 2.75. The van der Waals surface area contributed by atoms with E-state index in [-0.39, 0.29) is 6.54 Å². The largest absolute Gasteiger partial charge is 0.413 e. The monoisotopic (exact) mass is 279 g/mol. The second-order valence-corrected chi connectivity index (χ2v) is 4.76. The van der Waals surface area contributed by atoms with Gasteiger partial charge in [-0.3, -0.25) is 14.1 Å². The van der Waals surface area contributed by atoms with Gasteiger partial charge in [-0.1, -0.05) is 11.6 Å². The van der Waals surface area contributed by atoms with Crippen molar-refractivity contribution in [2.45, 2.75) is 19.0 Å². The lowest BCUT2D eigenvalue weighted by atomic mass is 10.00. The zero-order valence-corrected chi connectivity index (χ0v) is 10.3. The van der Waals surface area contributed by atoms with Gasteiger partial charge in [0.05, 0.1) is 6.04 Å². The summed E-state index contributed by atoms with van der Waals surface area (Å²) in [4.78, 5) is 22.9. The van der Waals surface area contributed by atoms with Crippen LogP contribution in [0.5, 0.6) is 0 Å². The molecule has 0 bridgehead atoms. The van der Waals surface area contributed by atoms with Crippen molar-refractivity contribution in [3.63, 3.8) is 0 Å². The van der Waals surface area contributed by atoms with Crippen molar-refractivity contribution < 1.29 is 26.8 Å². The summed E-state index contributed by atoms with van der Waals surface area (Å²) in [6.45, 7) is 1.58. The van der Waals surface area contributed by atoms with E-state index >= 15 is 0 Å². The number of hydrogen-bond acceptors (Lipinski definition) is 6. The predicted molar refractivity (Wildman–Crippen MR) is 59.1 cm³/mol. The summed E-state index contributed by atoms with van der Waals surface area (Å²) in [5.74, 6) is -0.699. The lowest BCUT2D eigenvalue weighted by molar-refractivity contribution is -0.130. The Morgan fingerprint density at radius 3 is 2.78 bits per heavy atom. The zero-order chi connectivity index (χ0) is 13.9. The molecule has 1 aliphatic rings. The van der Waals surface area contributed by atoms with Crippen LogP contribution < -0.4 is 11.2 Å². The van der Waals surface area contributed by atoms with Gasteiger partial charge in [-0.2, -0.15) is 18.2 Å². The van der Waals surface area contributed by atoms with Gasteiger partial charge >= 0.3 is 10.4 Å². The molecule has 0 aromatic heterocycles. The minimum Gasteiger partial charge on any atom is -0.368 e. The van der Waals surface area contributed by atoms with Crippen LogP contribution in [0.2, 0.25) is 0 Å². The summed E-state index contributed by atoms with van der Waals surface area (Å²) in [7, 11) is -4.64. The molecule has 0 spiro atoms. The summed E-state index contributed by atoms with van der Waals surface area (Å²) in [6.07, 6.45) is 1.83. The van der Waals surface area contributed by atoms with E-state index in [1.165, 1.54) is 6.08 Å². The van der Waals surface area contributed by atoms with Gasteiger partial charge in [-0.15, -0.1) is 0 Å². The first-order chi connectivity index (χ1) is 8.24. The highest BCUT2D eigenvalue weighted by molar-refractivity contribution is 7.80. The molecule has 1 rings (SSSR count). The lowest BCUT2D eigenvalue weighted by Crippen LogP contribution is -2.53. The minimum absolute atomic E-state index is 0.0189. The number of nitrogens with two attached hydrogens (primary N) is 1. The maximum Gasteiger partial charge on any atom is 0.413 e. The second kappa shape index (κ2) is 5.44. The molecule has 2 atom stereocenters. The van der Waals surface area contributed by atoms with Crippen LogP contribution in [0.1, 0.15) is 6.92 Å². The molecule has 18 heavy (non-hydrogen) atoms. The Balaban J connectivity index is 2.82. The normalized spacial score (nSPS) is 24.6. The quantitative estimate of drug-likeness (QED) is 0.228. The van der Waals surface area contributed by atoms with Gasteiger partial charge in [0.25, 0.3) is 0 Å². The number of rotatable bonds is 5. The maximum atomic E-state index is 11.1. The molecule has 0 aliphatic carbocycles. The Kier molecular flexibility index (Phi) is 4.40. The summed E-state index contributed by atoms with van der Waals surface area (Å²) in [5, 5.41) is 0. The molecule has 4 N–H and O–H groups in total. The van der Waals surface area contributed by atoms with Crippen LogP contribution in [0.25, 0.3) is 0 Å². The number of primary amides is 1. The Bertz CT molecular complexity index is 473. The van der Waals surface area contributed by atoms with Crippen LogP contribution in [-0.4, -0.2) is 48.8 Å². The zero-order valence-electron chi connectivity index (χ0n) is 9.44. The van der Waals surface area contributed by atoms with E-state index in [9.17, 15) is 18.0 Å². The van der Waals surface area contributed by atoms with Crippen LogP contribution in [0.3, 0.4) is 0 Å². The Morgan fingerprint density at radius 1 is 1.72 bits per heavy atom. The van der Waals surface area contributed by atoms with E-state index in [0.29, 0.717) is 12.0 Å². The van der Waals surface area contributed by atoms with Gasteiger partial charge in [0.2, 0.25) is 12.3 Å². The van der Waals surface area contributed by atoms with E-state index < -0.39 is 28.4 Å². The highest BCUT2D eigenvalue weighted by Crippen LogP contribution is 2.15. The van der Waals surface area contributed by atoms with Crippen molar-refractivity contribution in [2.24, 2.45) is 5.73 Å². The number of amides is 2. The number of carbonyl (C=O) groups excluding carboxylic acids is 2. The first-order valence-electron chi connectivity index (χ1n) is 4.84. The highest BCUT2D eigenvalue weighted by Gasteiger charge is 2.30. The Morgan fingerprint density at radius 2 is 2.33 bits per heavy atom. The number of carbonyl (C=O) groups is 2. The topological polar surface area (TPSA) is 139 Å². The third-order valence-electron chi connectivity index (χ3n) is 2.44. The van der Waals surface area contributed by atoms with Crippen molar-refractivity contribution in [1.29, 1.82) is 0 Å². The minimum atomic E-state index is -4.64. The SMILES string of the molecule is CC1=C[C@@H](C(N)=O)N(C=O)C[C@@H]1NOS(=O)(=O)O. The molecule has 0 fully saturated rings. The van der Waals surface area contributed by atoms with Crippen LogP contribution in [-0.2, 0) is 24.3 Å². The van der Waals surface area contributed by atoms with Crippen molar-refractivity contribution in [3.8, 4) is 0 Å².